The van der Waals surface area contributed by atoms with Gasteiger partial charge >= 0.3 is 0 Å². The summed E-state index contributed by atoms with van der Waals surface area (Å²) < 4.78 is 11.0. The Bertz CT molecular complexity index is 231. The van der Waals surface area contributed by atoms with Crippen LogP contribution in [-0.4, -0.2) is 34.2 Å². The third kappa shape index (κ3) is 6.62. The van der Waals surface area contributed by atoms with Crippen LogP contribution in [0.3, 0.4) is 0 Å². The SMILES string of the molecule is CC(C)C[C@@H](N)C(=O)NCC(C)S(C)=O. The molecule has 3 atom stereocenters. The standard InChI is InChI=1S/C10H22N2O2S/c1-7(2)5-9(11)10(13)12-6-8(3)15(4)14/h7-9H,5-6,11H2,1-4H3,(H,12,13)/t8?,9-,15?/m1/s1. The first-order chi connectivity index (χ1) is 6.84. The first-order valence-electron chi connectivity index (χ1n) is 5.20. The number of carbonyl (C=O) groups excluding carboxylic acids is 1. The lowest BCUT2D eigenvalue weighted by atomic mass is 10.0. The van der Waals surface area contributed by atoms with E-state index in [0.717, 1.165) is 0 Å². The average molecular weight is 234 g/mol. The Kier molecular flexibility index (Phi) is 6.76. The minimum Gasteiger partial charge on any atom is -0.354 e. The largest absolute Gasteiger partial charge is 0.354 e. The third-order valence-corrected chi connectivity index (χ3v) is 3.49. The predicted molar refractivity (Wildman–Crippen MR) is 64.0 cm³/mol. The molecule has 0 aliphatic rings. The molecule has 1 amide bonds. The van der Waals surface area contributed by atoms with E-state index in [2.05, 4.69) is 5.32 Å². The normalized spacial score (nSPS) is 17.2. The summed E-state index contributed by atoms with van der Waals surface area (Å²) in [7, 11) is -0.906. The Morgan fingerprint density at radius 3 is 2.33 bits per heavy atom. The number of hydrogen-bond donors (Lipinski definition) is 2. The van der Waals surface area contributed by atoms with E-state index in [4.69, 9.17) is 5.73 Å². The van der Waals surface area contributed by atoms with Crippen molar-refractivity contribution in [1.29, 1.82) is 0 Å². The van der Waals surface area contributed by atoms with Crippen LogP contribution in [0.25, 0.3) is 0 Å². The fourth-order valence-electron chi connectivity index (χ4n) is 1.11. The van der Waals surface area contributed by atoms with Gasteiger partial charge in [-0.25, -0.2) is 0 Å². The van der Waals surface area contributed by atoms with Crippen molar-refractivity contribution in [3.63, 3.8) is 0 Å². The zero-order chi connectivity index (χ0) is 12.0. The molecule has 0 aromatic heterocycles. The molecule has 90 valence electrons. The fraction of sp³-hybridized carbons (Fsp3) is 0.900. The summed E-state index contributed by atoms with van der Waals surface area (Å²) in [5.74, 6) is 0.254. The highest BCUT2D eigenvalue weighted by molar-refractivity contribution is 7.84. The van der Waals surface area contributed by atoms with Gasteiger partial charge in [-0.1, -0.05) is 13.8 Å². The molecule has 0 saturated carbocycles. The second-order valence-electron chi connectivity index (χ2n) is 4.29. The van der Waals surface area contributed by atoms with E-state index in [-0.39, 0.29) is 11.2 Å². The number of amides is 1. The van der Waals surface area contributed by atoms with E-state index in [0.29, 0.717) is 18.9 Å². The van der Waals surface area contributed by atoms with Gasteiger partial charge in [0.25, 0.3) is 0 Å². The molecule has 0 radical (unpaired) electrons. The topological polar surface area (TPSA) is 72.2 Å². The van der Waals surface area contributed by atoms with Crippen molar-refractivity contribution in [2.45, 2.75) is 38.5 Å². The van der Waals surface area contributed by atoms with Crippen LogP contribution in [0.5, 0.6) is 0 Å². The van der Waals surface area contributed by atoms with Crippen LogP contribution in [0, 0.1) is 5.92 Å². The zero-order valence-electron chi connectivity index (χ0n) is 9.95. The maximum Gasteiger partial charge on any atom is 0.236 e. The average Bonchev–Trinajstić information content (AvgIpc) is 2.12. The summed E-state index contributed by atoms with van der Waals surface area (Å²) in [5, 5.41) is 2.68. The molecule has 5 heteroatoms. The van der Waals surface area contributed by atoms with Gasteiger partial charge in [-0.05, 0) is 19.3 Å². The highest BCUT2D eigenvalue weighted by atomic mass is 32.2. The Hall–Kier alpha value is -0.420. The maximum atomic E-state index is 11.5. The lowest BCUT2D eigenvalue weighted by molar-refractivity contribution is -0.122. The minimum absolute atomic E-state index is 0.0276. The summed E-state index contributed by atoms with van der Waals surface area (Å²) in [6.45, 7) is 6.31. The van der Waals surface area contributed by atoms with Crippen molar-refractivity contribution in [3.8, 4) is 0 Å². The molecule has 2 unspecified atom stereocenters. The molecule has 0 fully saturated rings. The van der Waals surface area contributed by atoms with Gasteiger partial charge in [-0.2, -0.15) is 0 Å². The van der Waals surface area contributed by atoms with Gasteiger partial charge in [0, 0.05) is 28.9 Å². The molecular formula is C10H22N2O2S. The summed E-state index contributed by atoms with van der Waals surface area (Å²) in [6.07, 6.45) is 2.31. The number of nitrogens with two attached hydrogens (primary N) is 1. The van der Waals surface area contributed by atoms with Crippen LogP contribution < -0.4 is 11.1 Å². The predicted octanol–water partition coefficient (Wildman–Crippen LogP) is 0.243. The molecule has 0 spiro atoms. The monoisotopic (exact) mass is 234 g/mol. The summed E-state index contributed by atoms with van der Waals surface area (Å²) >= 11 is 0. The van der Waals surface area contributed by atoms with Gasteiger partial charge in [-0.15, -0.1) is 0 Å². The fourth-order valence-corrected chi connectivity index (χ4v) is 1.43. The molecule has 0 heterocycles. The smallest absolute Gasteiger partial charge is 0.236 e. The second-order valence-corrected chi connectivity index (χ2v) is 6.09. The summed E-state index contributed by atoms with van der Waals surface area (Å²) in [5.41, 5.74) is 5.69. The number of hydrogen-bond acceptors (Lipinski definition) is 3. The van der Waals surface area contributed by atoms with Crippen LogP contribution in [-0.2, 0) is 15.6 Å². The van der Waals surface area contributed by atoms with Gasteiger partial charge < -0.3 is 11.1 Å². The van der Waals surface area contributed by atoms with E-state index in [1.807, 2.05) is 20.8 Å². The summed E-state index contributed by atoms with van der Waals surface area (Å²) in [4.78, 5) is 11.5. The third-order valence-electron chi connectivity index (χ3n) is 2.19. The second kappa shape index (κ2) is 6.95. The number of nitrogens with one attached hydrogen (secondary N) is 1. The van der Waals surface area contributed by atoms with E-state index >= 15 is 0 Å². The number of carbonyl (C=O) groups is 1. The van der Waals surface area contributed by atoms with Crippen LogP contribution >= 0.6 is 0 Å². The molecule has 15 heavy (non-hydrogen) atoms. The molecule has 0 saturated heterocycles. The van der Waals surface area contributed by atoms with Crippen LogP contribution in [0.1, 0.15) is 27.2 Å². The van der Waals surface area contributed by atoms with Crippen molar-refractivity contribution in [1.82, 2.24) is 5.32 Å². The van der Waals surface area contributed by atoms with Gasteiger partial charge in [0.1, 0.15) is 0 Å². The Balaban J connectivity index is 3.88. The van der Waals surface area contributed by atoms with Gasteiger partial charge in [0.15, 0.2) is 0 Å². The van der Waals surface area contributed by atoms with E-state index in [1.54, 1.807) is 6.26 Å². The highest BCUT2D eigenvalue weighted by Gasteiger charge is 2.16. The van der Waals surface area contributed by atoms with E-state index in [9.17, 15) is 9.00 Å². The maximum absolute atomic E-state index is 11.5. The van der Waals surface area contributed by atoms with Gasteiger partial charge in [0.2, 0.25) is 5.91 Å². The molecule has 0 aliphatic heterocycles. The molecule has 3 N–H and O–H groups in total. The number of rotatable bonds is 6. The first kappa shape index (κ1) is 14.6. The van der Waals surface area contributed by atoms with Crippen molar-refractivity contribution in [3.05, 3.63) is 0 Å². The molecule has 0 aromatic carbocycles. The summed E-state index contributed by atoms with van der Waals surface area (Å²) in [6, 6.07) is -0.456. The zero-order valence-corrected chi connectivity index (χ0v) is 10.8. The lowest BCUT2D eigenvalue weighted by Crippen LogP contribution is -2.44. The van der Waals surface area contributed by atoms with Crippen molar-refractivity contribution in [2.75, 3.05) is 12.8 Å². The molecule has 0 aliphatic carbocycles. The van der Waals surface area contributed by atoms with Crippen molar-refractivity contribution >= 4 is 16.7 Å². The quantitative estimate of drug-likeness (QED) is 0.691. The van der Waals surface area contributed by atoms with Crippen molar-refractivity contribution in [2.24, 2.45) is 11.7 Å². The molecule has 0 aromatic rings. The van der Waals surface area contributed by atoms with Crippen LogP contribution in [0.4, 0.5) is 0 Å². The van der Waals surface area contributed by atoms with Gasteiger partial charge in [-0.3, -0.25) is 9.00 Å². The molecule has 0 bridgehead atoms. The molecular weight excluding hydrogens is 212 g/mol. The lowest BCUT2D eigenvalue weighted by Gasteiger charge is -2.15. The first-order valence-corrected chi connectivity index (χ1v) is 6.82. The minimum atomic E-state index is -0.906. The van der Waals surface area contributed by atoms with Gasteiger partial charge in [0.05, 0.1) is 6.04 Å². The Labute approximate surface area is 94.4 Å². The molecule has 4 nitrogen and oxygen atoms in total. The molecule has 0 rings (SSSR count). The Morgan fingerprint density at radius 2 is 1.93 bits per heavy atom. The van der Waals surface area contributed by atoms with Crippen LogP contribution in [0.15, 0.2) is 0 Å². The van der Waals surface area contributed by atoms with Crippen molar-refractivity contribution < 1.29 is 9.00 Å². The highest BCUT2D eigenvalue weighted by Crippen LogP contribution is 2.02. The Morgan fingerprint density at radius 1 is 1.40 bits per heavy atom. The van der Waals surface area contributed by atoms with Crippen LogP contribution in [0.2, 0.25) is 0 Å². The van der Waals surface area contributed by atoms with E-state index < -0.39 is 16.8 Å². The van der Waals surface area contributed by atoms with E-state index in [1.165, 1.54) is 0 Å².